The van der Waals surface area contributed by atoms with E-state index in [-0.39, 0.29) is 0 Å². The number of nitrogens with one attached hydrogen (secondary N) is 1. The van der Waals surface area contributed by atoms with Crippen molar-refractivity contribution >= 4 is 28.8 Å². The second-order valence-corrected chi connectivity index (χ2v) is 4.01. The Morgan fingerprint density at radius 1 is 1.33 bits per heavy atom. The number of anilines is 3. The first kappa shape index (κ1) is 12.4. The lowest BCUT2D eigenvalue weighted by molar-refractivity contribution is 0.401. The van der Waals surface area contributed by atoms with Gasteiger partial charge in [-0.15, -0.1) is 0 Å². The number of halogens is 2. The van der Waals surface area contributed by atoms with Gasteiger partial charge in [0.2, 0.25) is 5.88 Å². The molecule has 1 heterocycles. The van der Waals surface area contributed by atoms with Gasteiger partial charge in [0.15, 0.2) is 0 Å². The maximum atomic E-state index is 13.2. The molecular formula is C12H11ClFN3O. The molecule has 0 fully saturated rings. The third-order valence-corrected chi connectivity index (χ3v) is 2.44. The van der Waals surface area contributed by atoms with Gasteiger partial charge in [-0.3, -0.25) is 0 Å². The predicted molar refractivity (Wildman–Crippen MR) is 69.9 cm³/mol. The van der Waals surface area contributed by atoms with Crippen LogP contribution < -0.4 is 15.8 Å². The molecule has 2 rings (SSSR count). The fourth-order valence-electron chi connectivity index (χ4n) is 1.46. The number of benzene rings is 1. The summed E-state index contributed by atoms with van der Waals surface area (Å²) in [4.78, 5) is 4.12. The van der Waals surface area contributed by atoms with Crippen LogP contribution in [0.4, 0.5) is 21.6 Å². The molecule has 2 aromatic rings. The molecule has 3 N–H and O–H groups in total. The fraction of sp³-hybridized carbons (Fsp3) is 0.0833. The minimum absolute atomic E-state index is 0.305. The summed E-state index contributed by atoms with van der Waals surface area (Å²) in [6, 6.07) is 7.45. The highest BCUT2D eigenvalue weighted by molar-refractivity contribution is 6.30. The Hall–Kier alpha value is -2.01. The van der Waals surface area contributed by atoms with Crippen LogP contribution in [0, 0.1) is 5.82 Å². The van der Waals surface area contributed by atoms with Crippen LogP contribution >= 0.6 is 11.6 Å². The summed E-state index contributed by atoms with van der Waals surface area (Å²) in [6.07, 6.45) is 0. The lowest BCUT2D eigenvalue weighted by atomic mass is 10.3. The SMILES string of the molecule is COc1nc(Nc2cc(F)cc(Cl)c2)ccc1N. The van der Waals surface area contributed by atoms with Crippen molar-refractivity contribution in [2.24, 2.45) is 0 Å². The van der Waals surface area contributed by atoms with Gasteiger partial charge in [0, 0.05) is 10.7 Å². The van der Waals surface area contributed by atoms with E-state index in [9.17, 15) is 4.39 Å². The number of nitrogens with two attached hydrogens (primary N) is 1. The van der Waals surface area contributed by atoms with Gasteiger partial charge in [-0.1, -0.05) is 11.6 Å². The number of pyridine rings is 1. The van der Waals surface area contributed by atoms with Gasteiger partial charge in [-0.25, -0.2) is 4.39 Å². The summed E-state index contributed by atoms with van der Waals surface area (Å²) in [5.41, 5.74) is 6.58. The van der Waals surface area contributed by atoms with E-state index >= 15 is 0 Å². The lowest BCUT2D eigenvalue weighted by Crippen LogP contribution is -1.99. The number of ether oxygens (including phenoxy) is 1. The third kappa shape index (κ3) is 2.81. The zero-order valence-electron chi connectivity index (χ0n) is 9.58. The summed E-state index contributed by atoms with van der Waals surface area (Å²) >= 11 is 5.76. The van der Waals surface area contributed by atoms with E-state index in [1.165, 1.54) is 19.2 Å². The highest BCUT2D eigenvalue weighted by atomic mass is 35.5. The molecule has 18 heavy (non-hydrogen) atoms. The van der Waals surface area contributed by atoms with Crippen molar-refractivity contribution in [2.75, 3.05) is 18.2 Å². The fourth-order valence-corrected chi connectivity index (χ4v) is 1.68. The second kappa shape index (κ2) is 5.10. The normalized spacial score (nSPS) is 10.2. The molecule has 0 bridgehead atoms. The van der Waals surface area contributed by atoms with Crippen LogP contribution in [0.1, 0.15) is 0 Å². The number of nitrogen functional groups attached to an aromatic ring is 1. The van der Waals surface area contributed by atoms with Crippen LogP contribution in [0.15, 0.2) is 30.3 Å². The Morgan fingerprint density at radius 2 is 2.11 bits per heavy atom. The van der Waals surface area contributed by atoms with Crippen molar-refractivity contribution in [3.8, 4) is 5.88 Å². The van der Waals surface area contributed by atoms with E-state index in [2.05, 4.69) is 10.3 Å². The molecule has 0 aliphatic rings. The van der Waals surface area contributed by atoms with Gasteiger partial charge >= 0.3 is 0 Å². The number of methoxy groups -OCH3 is 1. The molecule has 0 spiro atoms. The molecule has 0 saturated carbocycles. The maximum absolute atomic E-state index is 13.2. The Kier molecular flexibility index (Phi) is 3.53. The molecule has 0 aliphatic heterocycles. The van der Waals surface area contributed by atoms with Gasteiger partial charge in [0.25, 0.3) is 0 Å². The van der Waals surface area contributed by atoms with Crippen molar-refractivity contribution in [2.45, 2.75) is 0 Å². The number of hydrogen-bond donors (Lipinski definition) is 2. The first-order valence-electron chi connectivity index (χ1n) is 5.12. The monoisotopic (exact) mass is 267 g/mol. The van der Waals surface area contributed by atoms with Crippen LogP contribution in [0.3, 0.4) is 0 Å². The quantitative estimate of drug-likeness (QED) is 0.896. The van der Waals surface area contributed by atoms with Crippen molar-refractivity contribution < 1.29 is 9.13 Å². The average molecular weight is 268 g/mol. The zero-order valence-corrected chi connectivity index (χ0v) is 10.3. The Morgan fingerprint density at radius 3 is 2.78 bits per heavy atom. The number of nitrogens with zero attached hydrogens (tertiary/aromatic N) is 1. The first-order valence-corrected chi connectivity index (χ1v) is 5.50. The molecular weight excluding hydrogens is 257 g/mol. The van der Waals surface area contributed by atoms with Gasteiger partial charge in [-0.05, 0) is 30.3 Å². The number of aromatic nitrogens is 1. The van der Waals surface area contributed by atoms with Crippen LogP contribution in [-0.2, 0) is 0 Å². The van der Waals surface area contributed by atoms with Crippen molar-refractivity contribution in [1.82, 2.24) is 4.98 Å². The van der Waals surface area contributed by atoms with E-state index < -0.39 is 5.82 Å². The first-order chi connectivity index (χ1) is 8.58. The van der Waals surface area contributed by atoms with Crippen LogP contribution in [0.25, 0.3) is 0 Å². The topological polar surface area (TPSA) is 60.2 Å². The van der Waals surface area contributed by atoms with E-state index in [1.807, 2.05) is 0 Å². The van der Waals surface area contributed by atoms with Crippen LogP contribution in [-0.4, -0.2) is 12.1 Å². The van der Waals surface area contributed by atoms with E-state index in [1.54, 1.807) is 18.2 Å². The molecule has 1 aromatic heterocycles. The number of hydrogen-bond acceptors (Lipinski definition) is 4. The zero-order chi connectivity index (χ0) is 13.1. The van der Waals surface area contributed by atoms with Gasteiger partial charge in [0.05, 0.1) is 12.8 Å². The molecule has 0 radical (unpaired) electrons. The van der Waals surface area contributed by atoms with Crippen molar-refractivity contribution in [1.29, 1.82) is 0 Å². The molecule has 94 valence electrons. The molecule has 0 saturated heterocycles. The Balaban J connectivity index is 2.28. The van der Waals surface area contributed by atoms with E-state index in [4.69, 9.17) is 22.1 Å². The number of rotatable bonds is 3. The van der Waals surface area contributed by atoms with Crippen LogP contribution in [0.2, 0.25) is 5.02 Å². The summed E-state index contributed by atoms with van der Waals surface area (Å²) in [5, 5.41) is 3.22. The molecule has 0 unspecified atom stereocenters. The Bertz CT molecular complexity index is 557. The van der Waals surface area contributed by atoms with Crippen molar-refractivity contribution in [3.63, 3.8) is 0 Å². The average Bonchev–Trinajstić information content (AvgIpc) is 2.30. The van der Waals surface area contributed by atoms with Gasteiger partial charge < -0.3 is 15.8 Å². The van der Waals surface area contributed by atoms with E-state index in [0.29, 0.717) is 28.1 Å². The minimum atomic E-state index is -0.424. The van der Waals surface area contributed by atoms with E-state index in [0.717, 1.165) is 0 Å². The van der Waals surface area contributed by atoms with Gasteiger partial charge in [0.1, 0.15) is 11.6 Å². The second-order valence-electron chi connectivity index (χ2n) is 3.58. The summed E-state index contributed by atoms with van der Waals surface area (Å²) in [5.74, 6) is 0.373. The molecule has 6 heteroatoms. The highest BCUT2D eigenvalue weighted by Gasteiger charge is 2.04. The minimum Gasteiger partial charge on any atom is -0.479 e. The Labute approximate surface area is 109 Å². The van der Waals surface area contributed by atoms with Gasteiger partial charge in [-0.2, -0.15) is 4.98 Å². The molecule has 0 atom stereocenters. The standard InChI is InChI=1S/C12H11ClFN3O/c1-18-12-10(15)2-3-11(17-12)16-9-5-7(13)4-8(14)6-9/h2-6H,15H2,1H3,(H,16,17). The van der Waals surface area contributed by atoms with Crippen molar-refractivity contribution in [3.05, 3.63) is 41.2 Å². The maximum Gasteiger partial charge on any atom is 0.238 e. The molecule has 0 aliphatic carbocycles. The lowest BCUT2D eigenvalue weighted by Gasteiger charge is -2.09. The highest BCUT2D eigenvalue weighted by Crippen LogP contribution is 2.24. The predicted octanol–water partition coefficient (Wildman–Crippen LogP) is 3.21. The third-order valence-electron chi connectivity index (χ3n) is 2.22. The summed E-state index contributed by atoms with van der Waals surface area (Å²) < 4.78 is 18.1. The smallest absolute Gasteiger partial charge is 0.238 e. The van der Waals surface area contributed by atoms with Crippen LogP contribution in [0.5, 0.6) is 5.88 Å². The summed E-state index contributed by atoms with van der Waals surface area (Å²) in [6.45, 7) is 0. The summed E-state index contributed by atoms with van der Waals surface area (Å²) in [7, 11) is 1.47. The molecule has 1 aromatic carbocycles. The largest absolute Gasteiger partial charge is 0.479 e. The molecule has 4 nitrogen and oxygen atoms in total. The molecule has 0 amide bonds.